The van der Waals surface area contributed by atoms with Crippen molar-refractivity contribution in [1.29, 1.82) is 0 Å². The smallest absolute Gasteiger partial charge is 0.407 e. The molecule has 1 N–H and O–H groups in total. The average molecular weight is 295 g/mol. The van der Waals surface area contributed by atoms with E-state index in [0.29, 0.717) is 19.5 Å². The number of hydrogen-bond donors (Lipinski definition) is 1. The lowest BCUT2D eigenvalue weighted by molar-refractivity contribution is -0.134. The number of carboxylic acid groups (broad SMARTS) is 1. The molecule has 2 amide bonds. The molecule has 6 heteroatoms. The predicted octanol–water partition coefficient (Wildman–Crippen LogP) is 0.931. The van der Waals surface area contributed by atoms with Crippen LogP contribution in [-0.4, -0.2) is 77.6 Å². The molecule has 0 unspecified atom stereocenters. The van der Waals surface area contributed by atoms with Gasteiger partial charge in [0.15, 0.2) is 0 Å². The third-order valence-corrected chi connectivity index (χ3v) is 4.92. The Balaban J connectivity index is 1.49. The Morgan fingerprint density at radius 3 is 2.43 bits per heavy atom. The van der Waals surface area contributed by atoms with Crippen LogP contribution in [0.2, 0.25) is 0 Å². The van der Waals surface area contributed by atoms with E-state index in [-0.39, 0.29) is 11.8 Å². The molecule has 0 aromatic rings. The molecule has 3 fully saturated rings. The molecule has 0 spiro atoms. The van der Waals surface area contributed by atoms with Gasteiger partial charge in [0.2, 0.25) is 5.91 Å². The number of carbonyl (C=O) groups is 2. The fraction of sp³-hybridized carbons (Fsp3) is 0.867. The topological polar surface area (TPSA) is 64.1 Å². The van der Waals surface area contributed by atoms with E-state index in [1.54, 1.807) is 0 Å². The van der Waals surface area contributed by atoms with E-state index < -0.39 is 6.09 Å². The lowest BCUT2D eigenvalue weighted by Crippen LogP contribution is -2.40. The zero-order valence-electron chi connectivity index (χ0n) is 12.5. The average Bonchev–Trinajstić information content (AvgIpc) is 3.18. The number of rotatable bonds is 3. The molecule has 0 bridgehead atoms. The Labute approximate surface area is 125 Å². The van der Waals surface area contributed by atoms with Crippen molar-refractivity contribution in [2.45, 2.75) is 25.7 Å². The standard InChI is InChI=1S/C15H25N3O3/c19-14(13-4-7-18(11-13)15(20)21)17-6-1-5-16(8-9-17)10-12-2-3-12/h12-13H,1-11H2,(H,20,21)/t13-/m0/s1. The molecule has 21 heavy (non-hydrogen) atoms. The van der Waals surface area contributed by atoms with Crippen LogP contribution >= 0.6 is 0 Å². The van der Waals surface area contributed by atoms with Gasteiger partial charge in [0.25, 0.3) is 0 Å². The van der Waals surface area contributed by atoms with Crippen LogP contribution < -0.4 is 0 Å². The quantitative estimate of drug-likeness (QED) is 0.841. The summed E-state index contributed by atoms with van der Waals surface area (Å²) in [5.41, 5.74) is 0. The lowest BCUT2D eigenvalue weighted by Gasteiger charge is -2.24. The van der Waals surface area contributed by atoms with E-state index in [0.717, 1.165) is 38.5 Å². The Morgan fingerprint density at radius 2 is 1.76 bits per heavy atom. The number of amides is 2. The second-order valence-corrected chi connectivity index (χ2v) is 6.64. The molecular weight excluding hydrogens is 270 g/mol. The maximum atomic E-state index is 12.6. The maximum absolute atomic E-state index is 12.6. The van der Waals surface area contributed by atoms with Gasteiger partial charge in [-0.3, -0.25) is 4.79 Å². The van der Waals surface area contributed by atoms with E-state index in [1.165, 1.54) is 24.3 Å². The number of carbonyl (C=O) groups excluding carboxylic acids is 1. The monoisotopic (exact) mass is 295 g/mol. The highest BCUT2D eigenvalue weighted by Crippen LogP contribution is 2.30. The summed E-state index contributed by atoms with van der Waals surface area (Å²) in [7, 11) is 0. The second-order valence-electron chi connectivity index (χ2n) is 6.64. The van der Waals surface area contributed by atoms with Crippen molar-refractivity contribution < 1.29 is 14.7 Å². The number of hydrogen-bond acceptors (Lipinski definition) is 3. The van der Waals surface area contributed by atoms with Crippen molar-refractivity contribution in [2.24, 2.45) is 11.8 Å². The van der Waals surface area contributed by atoms with Crippen LogP contribution in [0.25, 0.3) is 0 Å². The van der Waals surface area contributed by atoms with Crippen molar-refractivity contribution in [2.75, 3.05) is 45.8 Å². The second kappa shape index (κ2) is 6.22. The molecule has 0 radical (unpaired) electrons. The molecule has 6 nitrogen and oxygen atoms in total. The minimum absolute atomic E-state index is 0.129. The van der Waals surface area contributed by atoms with Crippen molar-refractivity contribution in [3.8, 4) is 0 Å². The predicted molar refractivity (Wildman–Crippen MR) is 78.1 cm³/mol. The largest absolute Gasteiger partial charge is 0.465 e. The van der Waals surface area contributed by atoms with E-state index >= 15 is 0 Å². The third kappa shape index (κ3) is 3.67. The molecular formula is C15H25N3O3. The minimum atomic E-state index is -0.906. The van der Waals surface area contributed by atoms with Gasteiger partial charge < -0.3 is 19.8 Å². The molecule has 2 saturated heterocycles. The van der Waals surface area contributed by atoms with Gasteiger partial charge in [0, 0.05) is 39.3 Å². The summed E-state index contributed by atoms with van der Waals surface area (Å²) < 4.78 is 0. The SMILES string of the molecule is O=C(O)N1CC[C@H](C(=O)N2CCCN(CC3CC3)CC2)C1. The van der Waals surface area contributed by atoms with Gasteiger partial charge in [-0.25, -0.2) is 4.79 Å². The molecule has 0 aromatic heterocycles. The molecule has 2 aliphatic heterocycles. The third-order valence-electron chi connectivity index (χ3n) is 4.92. The molecule has 2 heterocycles. The Morgan fingerprint density at radius 1 is 0.952 bits per heavy atom. The molecule has 0 aromatic carbocycles. The molecule has 118 valence electrons. The summed E-state index contributed by atoms with van der Waals surface area (Å²) in [6.45, 7) is 5.74. The Bertz CT molecular complexity index is 411. The van der Waals surface area contributed by atoms with Crippen LogP contribution in [-0.2, 0) is 4.79 Å². The van der Waals surface area contributed by atoms with Crippen molar-refractivity contribution in [1.82, 2.24) is 14.7 Å². The fourth-order valence-electron chi connectivity index (χ4n) is 3.43. The van der Waals surface area contributed by atoms with Crippen LogP contribution in [0.3, 0.4) is 0 Å². The van der Waals surface area contributed by atoms with Gasteiger partial charge in [-0.15, -0.1) is 0 Å². The fourth-order valence-corrected chi connectivity index (χ4v) is 3.43. The summed E-state index contributed by atoms with van der Waals surface area (Å²) >= 11 is 0. The first-order chi connectivity index (χ1) is 10.1. The summed E-state index contributed by atoms with van der Waals surface area (Å²) in [5.74, 6) is 0.925. The highest BCUT2D eigenvalue weighted by Gasteiger charge is 2.34. The van der Waals surface area contributed by atoms with Crippen LogP contribution in [0.4, 0.5) is 4.79 Å². The summed E-state index contributed by atoms with van der Waals surface area (Å²) in [4.78, 5) is 29.3. The van der Waals surface area contributed by atoms with E-state index in [9.17, 15) is 9.59 Å². The lowest BCUT2D eigenvalue weighted by atomic mass is 10.1. The van der Waals surface area contributed by atoms with Crippen LogP contribution in [0.1, 0.15) is 25.7 Å². The van der Waals surface area contributed by atoms with Crippen LogP contribution in [0, 0.1) is 11.8 Å². The Kier molecular flexibility index (Phi) is 4.33. The van der Waals surface area contributed by atoms with Gasteiger partial charge in [-0.2, -0.15) is 0 Å². The highest BCUT2D eigenvalue weighted by atomic mass is 16.4. The maximum Gasteiger partial charge on any atom is 0.407 e. The molecule has 3 aliphatic rings. The van der Waals surface area contributed by atoms with Gasteiger partial charge >= 0.3 is 6.09 Å². The number of likely N-dealkylation sites (tertiary alicyclic amines) is 1. The summed E-state index contributed by atoms with van der Waals surface area (Å²) in [6.07, 6.45) is 3.54. The minimum Gasteiger partial charge on any atom is -0.465 e. The summed E-state index contributed by atoms with van der Waals surface area (Å²) in [6, 6.07) is 0. The first-order valence-corrected chi connectivity index (χ1v) is 8.12. The van der Waals surface area contributed by atoms with Crippen molar-refractivity contribution in [3.05, 3.63) is 0 Å². The zero-order valence-corrected chi connectivity index (χ0v) is 12.5. The van der Waals surface area contributed by atoms with Crippen LogP contribution in [0.15, 0.2) is 0 Å². The summed E-state index contributed by atoms with van der Waals surface area (Å²) in [5, 5.41) is 8.99. The molecule has 3 rings (SSSR count). The number of nitrogens with zero attached hydrogens (tertiary/aromatic N) is 3. The molecule has 1 saturated carbocycles. The molecule has 1 aliphatic carbocycles. The van der Waals surface area contributed by atoms with E-state index in [1.807, 2.05) is 4.90 Å². The van der Waals surface area contributed by atoms with Gasteiger partial charge in [0.05, 0.1) is 5.92 Å². The van der Waals surface area contributed by atoms with E-state index in [2.05, 4.69) is 4.90 Å². The highest BCUT2D eigenvalue weighted by molar-refractivity contribution is 5.80. The first-order valence-electron chi connectivity index (χ1n) is 8.12. The molecule has 1 atom stereocenters. The normalized spacial score (nSPS) is 27.7. The Hall–Kier alpha value is -1.30. The van der Waals surface area contributed by atoms with Crippen molar-refractivity contribution in [3.63, 3.8) is 0 Å². The van der Waals surface area contributed by atoms with Gasteiger partial charge in [-0.05, 0) is 38.1 Å². The first kappa shape index (κ1) is 14.6. The van der Waals surface area contributed by atoms with Gasteiger partial charge in [0.1, 0.15) is 0 Å². The van der Waals surface area contributed by atoms with Crippen molar-refractivity contribution >= 4 is 12.0 Å². The van der Waals surface area contributed by atoms with E-state index in [4.69, 9.17) is 5.11 Å². The zero-order chi connectivity index (χ0) is 14.8. The van der Waals surface area contributed by atoms with Gasteiger partial charge in [-0.1, -0.05) is 0 Å². The van der Waals surface area contributed by atoms with Crippen LogP contribution in [0.5, 0.6) is 0 Å².